The summed E-state index contributed by atoms with van der Waals surface area (Å²) in [7, 11) is 5.92. The third kappa shape index (κ3) is 12.4. The van der Waals surface area contributed by atoms with Gasteiger partial charge in [-0.15, -0.1) is 0 Å². The van der Waals surface area contributed by atoms with Gasteiger partial charge in [-0.2, -0.15) is 0 Å². The first-order chi connectivity index (χ1) is 10.6. The number of rotatable bonds is 13. The maximum absolute atomic E-state index is 5.99. The fourth-order valence-electron chi connectivity index (χ4n) is 2.00. The monoisotopic (exact) mass is 330 g/mol. The van der Waals surface area contributed by atoms with Gasteiger partial charge in [0.15, 0.2) is 0 Å². The zero-order valence-electron chi connectivity index (χ0n) is 16.3. The summed E-state index contributed by atoms with van der Waals surface area (Å²) in [6, 6.07) is 0. The molecule has 0 radical (unpaired) electrons. The Kier molecular flexibility index (Phi) is 10.6. The number of nitrogens with two attached hydrogens (primary N) is 1. The minimum Gasteiger partial charge on any atom is -0.373 e. The van der Waals surface area contributed by atoms with Crippen LogP contribution in [0, 0.1) is 0 Å². The van der Waals surface area contributed by atoms with Gasteiger partial charge in [-0.3, -0.25) is 4.99 Å². The fraction of sp³-hybridized carbons (Fsp3) is 0.941. The summed E-state index contributed by atoms with van der Waals surface area (Å²) in [4.78, 5) is 8.33. The highest BCUT2D eigenvalue weighted by atomic mass is 16.6. The van der Waals surface area contributed by atoms with Crippen LogP contribution >= 0.6 is 0 Å². The van der Waals surface area contributed by atoms with Crippen LogP contribution in [-0.4, -0.2) is 87.9 Å². The molecule has 0 aromatic rings. The fourth-order valence-corrected chi connectivity index (χ4v) is 2.00. The SMILES string of the molecule is CN=CN(C)CCN(C)CCOC(C)(C)COC(C)(C)CCN. The van der Waals surface area contributed by atoms with Gasteiger partial charge in [-0.1, -0.05) is 0 Å². The summed E-state index contributed by atoms with van der Waals surface area (Å²) in [6.45, 7) is 13.0. The van der Waals surface area contributed by atoms with Crippen LogP contribution in [0.5, 0.6) is 0 Å². The standard InChI is InChI=1S/C17H38N4O2/c1-16(2,8-9-18)23-14-17(3,4)22-13-12-20(6)10-11-21(7)15-19-5/h15H,8-14,18H2,1-7H3. The van der Waals surface area contributed by atoms with Gasteiger partial charge in [0.1, 0.15) is 0 Å². The van der Waals surface area contributed by atoms with E-state index in [1.54, 1.807) is 7.05 Å². The Balaban J connectivity index is 3.96. The predicted octanol–water partition coefficient (Wildman–Crippen LogP) is 1.45. The normalized spacial score (nSPS) is 13.3. The van der Waals surface area contributed by atoms with Crippen molar-refractivity contribution in [3.05, 3.63) is 0 Å². The highest BCUT2D eigenvalue weighted by Gasteiger charge is 2.25. The van der Waals surface area contributed by atoms with Crippen LogP contribution in [0.2, 0.25) is 0 Å². The van der Waals surface area contributed by atoms with E-state index in [0.717, 1.165) is 26.1 Å². The molecule has 0 aliphatic rings. The van der Waals surface area contributed by atoms with E-state index in [-0.39, 0.29) is 11.2 Å². The quantitative estimate of drug-likeness (QED) is 0.409. The first-order valence-electron chi connectivity index (χ1n) is 8.41. The number of aliphatic imine (C=N–C) groups is 1. The van der Waals surface area contributed by atoms with E-state index in [0.29, 0.717) is 19.8 Å². The Labute approximate surface area is 143 Å². The molecule has 6 nitrogen and oxygen atoms in total. The van der Waals surface area contributed by atoms with Gasteiger partial charge in [0.2, 0.25) is 0 Å². The average Bonchev–Trinajstić information content (AvgIpc) is 2.43. The number of hydrogen-bond donors (Lipinski definition) is 1. The van der Waals surface area contributed by atoms with E-state index in [9.17, 15) is 0 Å². The molecule has 0 rings (SSSR count). The largest absolute Gasteiger partial charge is 0.373 e. The first-order valence-corrected chi connectivity index (χ1v) is 8.41. The van der Waals surface area contributed by atoms with Crippen molar-refractivity contribution in [2.45, 2.75) is 45.3 Å². The minimum absolute atomic E-state index is 0.197. The van der Waals surface area contributed by atoms with Crippen molar-refractivity contribution in [3.8, 4) is 0 Å². The summed E-state index contributed by atoms with van der Waals surface area (Å²) in [6.07, 6.45) is 2.69. The lowest BCUT2D eigenvalue weighted by Crippen LogP contribution is -2.39. The Morgan fingerprint density at radius 1 is 1.00 bits per heavy atom. The van der Waals surface area contributed by atoms with Gasteiger partial charge in [0.25, 0.3) is 0 Å². The van der Waals surface area contributed by atoms with Gasteiger partial charge < -0.3 is 25.0 Å². The molecule has 138 valence electrons. The molecule has 0 fully saturated rings. The van der Waals surface area contributed by atoms with Crippen LogP contribution in [0.4, 0.5) is 0 Å². The number of hydrogen-bond acceptors (Lipinski definition) is 5. The van der Waals surface area contributed by atoms with Crippen LogP contribution in [0.3, 0.4) is 0 Å². The lowest BCUT2D eigenvalue weighted by atomic mass is 10.0. The van der Waals surface area contributed by atoms with E-state index in [1.807, 2.05) is 13.4 Å². The third-order valence-electron chi connectivity index (χ3n) is 3.67. The van der Waals surface area contributed by atoms with Crippen LogP contribution in [0.15, 0.2) is 4.99 Å². The third-order valence-corrected chi connectivity index (χ3v) is 3.67. The molecule has 0 saturated carbocycles. The van der Waals surface area contributed by atoms with E-state index in [2.05, 4.69) is 49.5 Å². The van der Waals surface area contributed by atoms with Gasteiger partial charge in [0.05, 0.1) is 30.8 Å². The van der Waals surface area contributed by atoms with E-state index < -0.39 is 0 Å². The van der Waals surface area contributed by atoms with Crippen molar-refractivity contribution in [2.75, 3.05) is 60.5 Å². The molecule has 0 heterocycles. The summed E-state index contributed by atoms with van der Waals surface area (Å²) in [5.41, 5.74) is 5.12. The zero-order valence-corrected chi connectivity index (χ0v) is 16.3. The molecule has 2 N–H and O–H groups in total. The Morgan fingerprint density at radius 3 is 2.22 bits per heavy atom. The van der Waals surface area contributed by atoms with E-state index >= 15 is 0 Å². The van der Waals surface area contributed by atoms with Gasteiger partial charge in [-0.25, -0.2) is 0 Å². The van der Waals surface area contributed by atoms with Crippen molar-refractivity contribution < 1.29 is 9.47 Å². The van der Waals surface area contributed by atoms with Crippen molar-refractivity contribution in [1.29, 1.82) is 0 Å². The van der Waals surface area contributed by atoms with Crippen LogP contribution in [0.25, 0.3) is 0 Å². The van der Waals surface area contributed by atoms with Gasteiger partial charge in [-0.05, 0) is 47.7 Å². The molecule has 0 unspecified atom stereocenters. The molecular weight excluding hydrogens is 292 g/mol. The second-order valence-electron chi connectivity index (χ2n) is 7.35. The predicted molar refractivity (Wildman–Crippen MR) is 98.3 cm³/mol. The second kappa shape index (κ2) is 11.0. The molecule has 0 aliphatic carbocycles. The van der Waals surface area contributed by atoms with Crippen LogP contribution in [-0.2, 0) is 9.47 Å². The maximum Gasteiger partial charge on any atom is 0.0859 e. The average molecular weight is 331 g/mol. The Bertz CT molecular complexity index is 333. The molecule has 0 saturated heterocycles. The summed E-state index contributed by atoms with van der Waals surface area (Å²) >= 11 is 0. The van der Waals surface area contributed by atoms with Gasteiger partial charge >= 0.3 is 0 Å². The Morgan fingerprint density at radius 2 is 1.65 bits per heavy atom. The minimum atomic E-state index is -0.293. The number of likely N-dealkylation sites (N-methyl/N-ethyl adjacent to an activating group) is 2. The molecule has 0 amide bonds. The second-order valence-corrected chi connectivity index (χ2v) is 7.35. The van der Waals surface area contributed by atoms with E-state index in [4.69, 9.17) is 15.2 Å². The van der Waals surface area contributed by atoms with Crippen molar-refractivity contribution in [1.82, 2.24) is 9.80 Å². The van der Waals surface area contributed by atoms with Crippen molar-refractivity contribution in [2.24, 2.45) is 10.7 Å². The summed E-state index contributed by atoms with van der Waals surface area (Å²) in [5.74, 6) is 0. The van der Waals surface area contributed by atoms with Crippen molar-refractivity contribution in [3.63, 3.8) is 0 Å². The molecule has 0 bridgehead atoms. The molecule has 23 heavy (non-hydrogen) atoms. The number of ether oxygens (including phenoxy) is 2. The molecular formula is C17H38N4O2. The molecule has 0 atom stereocenters. The van der Waals surface area contributed by atoms with Crippen LogP contribution in [0.1, 0.15) is 34.1 Å². The topological polar surface area (TPSA) is 63.3 Å². The highest BCUT2D eigenvalue weighted by Crippen LogP contribution is 2.18. The van der Waals surface area contributed by atoms with Crippen LogP contribution < -0.4 is 5.73 Å². The molecule has 0 spiro atoms. The molecule has 0 aromatic carbocycles. The number of nitrogens with zero attached hydrogens (tertiary/aromatic N) is 3. The van der Waals surface area contributed by atoms with Gasteiger partial charge in [0, 0.05) is 33.7 Å². The summed E-state index contributed by atoms with van der Waals surface area (Å²) in [5, 5.41) is 0. The zero-order chi connectivity index (χ0) is 17.9. The van der Waals surface area contributed by atoms with E-state index in [1.165, 1.54) is 0 Å². The lowest BCUT2D eigenvalue weighted by molar-refractivity contribution is -0.123. The first kappa shape index (κ1) is 22.3. The van der Waals surface area contributed by atoms with Crippen molar-refractivity contribution >= 4 is 6.34 Å². The highest BCUT2D eigenvalue weighted by molar-refractivity contribution is 5.53. The molecule has 0 aromatic heterocycles. The Hall–Kier alpha value is -0.690. The molecule has 0 aliphatic heterocycles. The maximum atomic E-state index is 5.99. The smallest absolute Gasteiger partial charge is 0.0859 e. The lowest BCUT2D eigenvalue weighted by Gasteiger charge is -2.32. The molecule has 6 heteroatoms. The summed E-state index contributed by atoms with van der Waals surface area (Å²) < 4.78 is 11.9.